The Morgan fingerprint density at radius 3 is 2.47 bits per heavy atom. The van der Waals surface area contributed by atoms with Gasteiger partial charge in [0, 0.05) is 21.7 Å². The molecule has 0 unspecified atom stereocenters. The van der Waals surface area contributed by atoms with E-state index in [1.165, 1.54) is 16.9 Å². The average molecular weight is 654 g/mol. The molecule has 1 aliphatic heterocycles. The molecule has 43 heavy (non-hydrogen) atoms. The number of fused-ring (bicyclic) bond motifs is 1. The van der Waals surface area contributed by atoms with E-state index in [1.807, 2.05) is 91.0 Å². The number of esters is 1. The first-order valence-electron chi connectivity index (χ1n) is 14.1. The molecule has 6 rings (SSSR count). The maximum absolute atomic E-state index is 14.1. The Morgan fingerprint density at radius 1 is 1.02 bits per heavy atom. The molecule has 0 saturated carbocycles. The van der Waals surface area contributed by atoms with Crippen molar-refractivity contribution in [2.75, 3.05) is 6.61 Å². The quantitative estimate of drug-likeness (QED) is 0.176. The van der Waals surface area contributed by atoms with Gasteiger partial charge < -0.3 is 9.15 Å². The molecule has 0 fully saturated rings. The Morgan fingerprint density at radius 2 is 1.77 bits per heavy atom. The van der Waals surface area contributed by atoms with Crippen LogP contribution >= 0.6 is 27.3 Å². The number of carbonyl (C=O) groups excluding carboxylic acids is 1. The summed E-state index contributed by atoms with van der Waals surface area (Å²) in [5.74, 6) is 1.08. The summed E-state index contributed by atoms with van der Waals surface area (Å²) >= 11 is 4.78. The number of hydrogen-bond donors (Lipinski definition) is 0. The number of carbonyl (C=O) groups is 1. The highest BCUT2D eigenvalue weighted by Crippen LogP contribution is 2.35. The van der Waals surface area contributed by atoms with E-state index in [1.54, 1.807) is 17.6 Å². The van der Waals surface area contributed by atoms with E-state index in [0.29, 0.717) is 38.0 Å². The van der Waals surface area contributed by atoms with Crippen LogP contribution in [0.2, 0.25) is 0 Å². The van der Waals surface area contributed by atoms with Gasteiger partial charge in [-0.05, 0) is 48.2 Å². The van der Waals surface area contributed by atoms with Crippen molar-refractivity contribution in [3.8, 4) is 11.3 Å². The topological polar surface area (TPSA) is 73.8 Å². The van der Waals surface area contributed by atoms with Gasteiger partial charge in [-0.15, -0.1) is 0 Å². The lowest BCUT2D eigenvalue weighted by molar-refractivity contribution is -0.138. The maximum atomic E-state index is 14.1. The van der Waals surface area contributed by atoms with Crippen LogP contribution in [0.1, 0.15) is 55.2 Å². The van der Waals surface area contributed by atoms with Crippen LogP contribution in [0.5, 0.6) is 0 Å². The van der Waals surface area contributed by atoms with Crippen LogP contribution in [0.3, 0.4) is 0 Å². The van der Waals surface area contributed by atoms with Gasteiger partial charge in [0.05, 0.1) is 28.5 Å². The highest BCUT2D eigenvalue weighted by Gasteiger charge is 2.35. The fourth-order valence-electron chi connectivity index (χ4n) is 5.18. The van der Waals surface area contributed by atoms with E-state index in [-0.39, 0.29) is 12.2 Å². The number of hydrogen-bond acceptors (Lipinski definition) is 6. The number of aromatic nitrogens is 1. The van der Waals surface area contributed by atoms with E-state index < -0.39 is 12.0 Å². The summed E-state index contributed by atoms with van der Waals surface area (Å²) in [4.78, 5) is 33.2. The number of thiazole rings is 1. The molecule has 0 saturated heterocycles. The molecule has 3 heterocycles. The largest absolute Gasteiger partial charge is 0.463 e. The zero-order valence-corrected chi connectivity index (χ0v) is 26.3. The fraction of sp³-hybridized carbons (Fsp3) is 0.171. The van der Waals surface area contributed by atoms with Gasteiger partial charge in [-0.3, -0.25) is 9.36 Å². The first kappa shape index (κ1) is 28.8. The first-order valence-corrected chi connectivity index (χ1v) is 15.7. The molecule has 216 valence electrons. The fourth-order valence-corrected chi connectivity index (χ4v) is 6.56. The zero-order valence-electron chi connectivity index (χ0n) is 23.9. The predicted molar refractivity (Wildman–Crippen MR) is 173 cm³/mol. The van der Waals surface area contributed by atoms with Crippen LogP contribution in [-0.4, -0.2) is 17.1 Å². The standard InChI is InChI=1S/C35H29BrN2O4S/c1-4-41-34(40)30-31(23-9-6-5-7-10-23)37-35-38(32(30)24-15-13-22(14-16-24)21(2)3)33(39)29(43-35)20-27-17-18-28(42-27)25-11-8-12-26(36)19-25/h5-21,32H,4H2,1-3H3/b29-20-/t32-/m1/s1. The summed E-state index contributed by atoms with van der Waals surface area (Å²) < 4.78 is 14.7. The number of ether oxygens (including phenoxy) is 1. The summed E-state index contributed by atoms with van der Waals surface area (Å²) in [6.07, 6.45) is 1.74. The Kier molecular flexibility index (Phi) is 8.15. The van der Waals surface area contributed by atoms with Gasteiger partial charge in [0.2, 0.25) is 0 Å². The van der Waals surface area contributed by atoms with Crippen molar-refractivity contribution in [1.82, 2.24) is 4.57 Å². The van der Waals surface area contributed by atoms with Crippen molar-refractivity contribution in [2.45, 2.75) is 32.7 Å². The molecule has 0 bridgehead atoms. The SMILES string of the molecule is CCOC(=O)C1=C(c2ccccc2)N=c2s/c(=C\c3ccc(-c4cccc(Br)c4)o3)c(=O)n2[C@@H]1c1ccc(C(C)C)cc1. The summed E-state index contributed by atoms with van der Waals surface area (Å²) in [5, 5.41) is 0. The number of benzene rings is 3. The third kappa shape index (κ3) is 5.72. The van der Waals surface area contributed by atoms with E-state index in [9.17, 15) is 9.59 Å². The van der Waals surface area contributed by atoms with Crippen LogP contribution in [0.4, 0.5) is 0 Å². The lowest BCUT2D eigenvalue weighted by Crippen LogP contribution is -2.40. The summed E-state index contributed by atoms with van der Waals surface area (Å²) in [7, 11) is 0. The van der Waals surface area contributed by atoms with Gasteiger partial charge in [-0.25, -0.2) is 9.79 Å². The smallest absolute Gasteiger partial charge is 0.338 e. The van der Waals surface area contributed by atoms with Gasteiger partial charge in [0.25, 0.3) is 5.56 Å². The Bertz CT molecular complexity index is 2020. The zero-order chi connectivity index (χ0) is 30.1. The molecule has 0 aliphatic carbocycles. The summed E-state index contributed by atoms with van der Waals surface area (Å²) in [6.45, 7) is 6.24. The molecular formula is C35H29BrN2O4S. The molecule has 5 aromatic rings. The van der Waals surface area contributed by atoms with Crippen molar-refractivity contribution in [2.24, 2.45) is 4.99 Å². The van der Waals surface area contributed by atoms with Crippen molar-refractivity contribution in [3.63, 3.8) is 0 Å². The van der Waals surface area contributed by atoms with Crippen LogP contribution in [-0.2, 0) is 9.53 Å². The second-order valence-corrected chi connectivity index (χ2v) is 12.4. The molecule has 0 N–H and O–H groups in total. The first-order chi connectivity index (χ1) is 20.8. The van der Waals surface area contributed by atoms with E-state index in [4.69, 9.17) is 14.1 Å². The monoisotopic (exact) mass is 652 g/mol. The molecule has 0 amide bonds. The maximum Gasteiger partial charge on any atom is 0.338 e. The molecule has 6 nitrogen and oxygen atoms in total. The van der Waals surface area contributed by atoms with E-state index in [2.05, 4.69) is 29.8 Å². The minimum atomic E-state index is -0.720. The molecule has 1 aliphatic rings. The number of nitrogens with zero attached hydrogens (tertiary/aromatic N) is 2. The number of halogens is 1. The lowest BCUT2D eigenvalue weighted by atomic mass is 9.91. The van der Waals surface area contributed by atoms with Crippen molar-refractivity contribution < 1.29 is 13.9 Å². The van der Waals surface area contributed by atoms with E-state index in [0.717, 1.165) is 21.2 Å². The third-order valence-corrected chi connectivity index (χ3v) is 8.78. The molecule has 2 aromatic heterocycles. The number of rotatable bonds is 7. The van der Waals surface area contributed by atoms with Crippen LogP contribution < -0.4 is 14.9 Å². The van der Waals surface area contributed by atoms with Gasteiger partial charge >= 0.3 is 5.97 Å². The molecule has 0 spiro atoms. The summed E-state index contributed by atoms with van der Waals surface area (Å²) in [6, 6.07) is 28.5. The molecule has 3 aromatic carbocycles. The highest BCUT2D eigenvalue weighted by atomic mass is 79.9. The van der Waals surface area contributed by atoms with Gasteiger partial charge in [-0.1, -0.05) is 108 Å². The van der Waals surface area contributed by atoms with Crippen molar-refractivity contribution in [3.05, 3.63) is 143 Å². The Hall–Kier alpha value is -4.27. The van der Waals surface area contributed by atoms with Crippen LogP contribution in [0, 0.1) is 0 Å². The molecular weight excluding hydrogens is 624 g/mol. The average Bonchev–Trinajstić information content (AvgIpc) is 3.61. The Labute approximate surface area is 261 Å². The second-order valence-electron chi connectivity index (χ2n) is 10.5. The van der Waals surface area contributed by atoms with E-state index >= 15 is 0 Å². The normalized spacial score (nSPS) is 15.0. The predicted octanol–water partition coefficient (Wildman–Crippen LogP) is 7.08. The van der Waals surface area contributed by atoms with Gasteiger partial charge in [0.1, 0.15) is 11.5 Å². The minimum absolute atomic E-state index is 0.201. The van der Waals surface area contributed by atoms with Crippen LogP contribution in [0.15, 0.2) is 115 Å². The molecule has 8 heteroatoms. The second kappa shape index (κ2) is 12.1. The minimum Gasteiger partial charge on any atom is -0.463 e. The Balaban J connectivity index is 1.56. The summed E-state index contributed by atoms with van der Waals surface area (Å²) in [5.41, 5.74) is 4.25. The van der Waals surface area contributed by atoms with Gasteiger partial charge in [-0.2, -0.15) is 0 Å². The lowest BCUT2D eigenvalue weighted by Gasteiger charge is -2.26. The van der Waals surface area contributed by atoms with Crippen molar-refractivity contribution in [1.29, 1.82) is 0 Å². The molecule has 1 atom stereocenters. The number of furan rings is 1. The van der Waals surface area contributed by atoms with Crippen molar-refractivity contribution >= 4 is 45.0 Å². The third-order valence-electron chi connectivity index (χ3n) is 7.30. The van der Waals surface area contributed by atoms with Crippen LogP contribution in [0.25, 0.3) is 23.1 Å². The molecule has 0 radical (unpaired) electrons. The highest BCUT2D eigenvalue weighted by molar-refractivity contribution is 9.10. The van der Waals surface area contributed by atoms with Gasteiger partial charge in [0.15, 0.2) is 4.80 Å².